The maximum absolute atomic E-state index is 11.8. The second-order valence-electron chi connectivity index (χ2n) is 4.49. The highest BCUT2D eigenvalue weighted by atomic mass is 32.2. The minimum atomic E-state index is -3.76. The van der Waals surface area contributed by atoms with E-state index in [1.165, 1.54) is 0 Å². The number of H-pyrrole nitrogens is 1. The molecule has 1 aromatic carbocycles. The summed E-state index contributed by atoms with van der Waals surface area (Å²) >= 11 is 0. The number of fused-ring (bicyclic) bond motifs is 1. The smallest absolute Gasteiger partial charge is 0.321 e. The standard InChI is InChI=1S/C12H14N2O4S/c1-7-3-4-9-10(5-7)14-11(13-9)6-19(17,18)8(2)12(15)16/h3-5,8H,6H2,1-2H3,(H,13,14)(H,15,16). The summed E-state index contributed by atoms with van der Waals surface area (Å²) in [7, 11) is -3.76. The van der Waals surface area contributed by atoms with Crippen LogP contribution in [0.5, 0.6) is 0 Å². The fraction of sp³-hybridized carbons (Fsp3) is 0.333. The Bertz CT molecular complexity index is 733. The monoisotopic (exact) mass is 282 g/mol. The van der Waals surface area contributed by atoms with Gasteiger partial charge in [0.25, 0.3) is 0 Å². The number of aryl methyl sites for hydroxylation is 1. The van der Waals surface area contributed by atoms with Crippen LogP contribution in [0, 0.1) is 6.92 Å². The average Bonchev–Trinajstić information content (AvgIpc) is 2.68. The molecule has 0 aliphatic heterocycles. The molecule has 2 N–H and O–H groups in total. The van der Waals surface area contributed by atoms with E-state index in [0.717, 1.165) is 18.0 Å². The topological polar surface area (TPSA) is 100 Å². The van der Waals surface area contributed by atoms with E-state index in [1.54, 1.807) is 6.07 Å². The number of rotatable bonds is 4. The Hall–Kier alpha value is -1.89. The van der Waals surface area contributed by atoms with E-state index < -0.39 is 26.8 Å². The second-order valence-corrected chi connectivity index (χ2v) is 6.81. The van der Waals surface area contributed by atoms with Crippen LogP contribution in [0.15, 0.2) is 18.2 Å². The summed E-state index contributed by atoms with van der Waals surface area (Å²) in [6.45, 7) is 3.08. The number of aliphatic carboxylic acids is 1. The number of benzene rings is 1. The lowest BCUT2D eigenvalue weighted by molar-refractivity contribution is -0.136. The van der Waals surface area contributed by atoms with Gasteiger partial charge in [-0.25, -0.2) is 13.4 Å². The van der Waals surface area contributed by atoms with Crippen LogP contribution in [0.1, 0.15) is 18.3 Å². The normalized spacial score (nSPS) is 13.6. The number of carboxylic acids is 1. The van der Waals surface area contributed by atoms with Gasteiger partial charge in [0.2, 0.25) is 0 Å². The van der Waals surface area contributed by atoms with Crippen LogP contribution in [0.25, 0.3) is 11.0 Å². The summed E-state index contributed by atoms with van der Waals surface area (Å²) in [6, 6.07) is 5.53. The SMILES string of the molecule is Cc1ccc2nc(CS(=O)(=O)C(C)C(=O)O)[nH]c2c1. The first-order valence-electron chi connectivity index (χ1n) is 5.69. The fourth-order valence-electron chi connectivity index (χ4n) is 1.71. The van der Waals surface area contributed by atoms with E-state index in [2.05, 4.69) is 9.97 Å². The van der Waals surface area contributed by atoms with Gasteiger partial charge in [0, 0.05) is 0 Å². The molecule has 0 radical (unpaired) electrons. The third-order valence-electron chi connectivity index (χ3n) is 2.91. The average molecular weight is 282 g/mol. The molecule has 19 heavy (non-hydrogen) atoms. The van der Waals surface area contributed by atoms with Crippen molar-refractivity contribution in [1.82, 2.24) is 9.97 Å². The number of nitrogens with one attached hydrogen (secondary N) is 1. The van der Waals surface area contributed by atoms with Crippen molar-refractivity contribution in [3.05, 3.63) is 29.6 Å². The first-order valence-corrected chi connectivity index (χ1v) is 7.41. The van der Waals surface area contributed by atoms with E-state index >= 15 is 0 Å². The molecule has 0 amide bonds. The molecular weight excluding hydrogens is 268 g/mol. The lowest BCUT2D eigenvalue weighted by atomic mass is 10.2. The molecule has 0 saturated heterocycles. The van der Waals surface area contributed by atoms with Crippen LogP contribution < -0.4 is 0 Å². The summed E-state index contributed by atoms with van der Waals surface area (Å²) in [5.41, 5.74) is 2.44. The summed E-state index contributed by atoms with van der Waals surface area (Å²) < 4.78 is 23.7. The van der Waals surface area contributed by atoms with Crippen LogP contribution in [-0.2, 0) is 20.4 Å². The number of carboxylic acid groups (broad SMARTS) is 1. The summed E-state index contributed by atoms with van der Waals surface area (Å²) in [4.78, 5) is 17.8. The maximum atomic E-state index is 11.8. The van der Waals surface area contributed by atoms with Gasteiger partial charge < -0.3 is 10.1 Å². The van der Waals surface area contributed by atoms with Crippen LogP contribution >= 0.6 is 0 Å². The van der Waals surface area contributed by atoms with E-state index in [-0.39, 0.29) is 5.82 Å². The Kier molecular flexibility index (Phi) is 3.32. The number of imidazole rings is 1. The number of sulfone groups is 1. The number of nitrogens with zero attached hydrogens (tertiary/aromatic N) is 1. The van der Waals surface area contributed by atoms with Gasteiger partial charge in [0.15, 0.2) is 15.1 Å². The molecule has 102 valence electrons. The molecule has 1 heterocycles. The molecule has 0 aliphatic carbocycles. The molecule has 1 unspecified atom stereocenters. The molecule has 1 aromatic heterocycles. The van der Waals surface area contributed by atoms with Crippen molar-refractivity contribution < 1.29 is 18.3 Å². The predicted octanol–water partition coefficient (Wildman–Crippen LogP) is 1.26. The van der Waals surface area contributed by atoms with Gasteiger partial charge in [0.1, 0.15) is 11.6 Å². The predicted molar refractivity (Wildman–Crippen MR) is 70.6 cm³/mol. The highest BCUT2D eigenvalue weighted by Crippen LogP contribution is 2.16. The molecule has 0 saturated carbocycles. The number of hydrogen-bond donors (Lipinski definition) is 2. The largest absolute Gasteiger partial charge is 0.480 e. The third-order valence-corrected chi connectivity index (χ3v) is 4.87. The van der Waals surface area contributed by atoms with E-state index in [9.17, 15) is 13.2 Å². The molecule has 0 bridgehead atoms. The maximum Gasteiger partial charge on any atom is 0.321 e. The number of aromatic nitrogens is 2. The third kappa shape index (κ3) is 2.76. The Morgan fingerprint density at radius 2 is 2.16 bits per heavy atom. The van der Waals surface area contributed by atoms with Gasteiger partial charge in [0.05, 0.1) is 11.0 Å². The molecule has 7 heteroatoms. The lowest BCUT2D eigenvalue weighted by Crippen LogP contribution is -2.28. The molecule has 0 aliphatic rings. The minimum absolute atomic E-state index is 0.258. The summed E-state index contributed by atoms with van der Waals surface area (Å²) in [5, 5.41) is 7.32. The second kappa shape index (κ2) is 4.65. The first kappa shape index (κ1) is 13.5. The van der Waals surface area contributed by atoms with E-state index in [4.69, 9.17) is 5.11 Å². The quantitative estimate of drug-likeness (QED) is 0.879. The molecular formula is C12H14N2O4S. The van der Waals surface area contributed by atoms with Crippen LogP contribution in [0.3, 0.4) is 0 Å². The lowest BCUT2D eigenvalue weighted by Gasteiger charge is -2.06. The number of carbonyl (C=O) groups is 1. The Morgan fingerprint density at radius 1 is 1.47 bits per heavy atom. The van der Waals surface area contributed by atoms with E-state index in [1.807, 2.05) is 19.1 Å². The zero-order chi connectivity index (χ0) is 14.2. The molecule has 2 rings (SSSR count). The molecule has 2 aromatic rings. The van der Waals surface area contributed by atoms with Crippen molar-refractivity contribution in [3.8, 4) is 0 Å². The number of hydrogen-bond acceptors (Lipinski definition) is 4. The van der Waals surface area contributed by atoms with Crippen molar-refractivity contribution in [1.29, 1.82) is 0 Å². The summed E-state index contributed by atoms with van der Waals surface area (Å²) in [6.07, 6.45) is 0. The van der Waals surface area contributed by atoms with E-state index in [0.29, 0.717) is 5.52 Å². The highest BCUT2D eigenvalue weighted by molar-refractivity contribution is 7.91. The van der Waals surface area contributed by atoms with Gasteiger partial charge in [-0.3, -0.25) is 4.79 Å². The van der Waals surface area contributed by atoms with Crippen molar-refractivity contribution in [2.75, 3.05) is 0 Å². The molecule has 1 atom stereocenters. The van der Waals surface area contributed by atoms with Crippen molar-refractivity contribution in [2.24, 2.45) is 0 Å². The molecule has 6 nitrogen and oxygen atoms in total. The van der Waals surface area contributed by atoms with Gasteiger partial charge in [-0.1, -0.05) is 6.07 Å². The Balaban J connectivity index is 2.34. The van der Waals surface area contributed by atoms with Gasteiger partial charge in [-0.05, 0) is 31.5 Å². The molecule has 0 spiro atoms. The van der Waals surface area contributed by atoms with Crippen LogP contribution in [0.4, 0.5) is 0 Å². The van der Waals surface area contributed by atoms with Gasteiger partial charge >= 0.3 is 5.97 Å². The van der Waals surface area contributed by atoms with Gasteiger partial charge in [-0.2, -0.15) is 0 Å². The van der Waals surface area contributed by atoms with Crippen molar-refractivity contribution >= 4 is 26.8 Å². The van der Waals surface area contributed by atoms with Crippen LogP contribution in [-0.4, -0.2) is 34.7 Å². The van der Waals surface area contributed by atoms with Crippen molar-refractivity contribution in [3.63, 3.8) is 0 Å². The zero-order valence-electron chi connectivity index (χ0n) is 10.5. The van der Waals surface area contributed by atoms with Crippen molar-refractivity contribution in [2.45, 2.75) is 24.9 Å². The Labute approximate surface area is 110 Å². The van der Waals surface area contributed by atoms with Crippen LogP contribution in [0.2, 0.25) is 0 Å². The molecule has 0 fully saturated rings. The zero-order valence-corrected chi connectivity index (χ0v) is 11.4. The first-order chi connectivity index (χ1) is 8.79. The highest BCUT2D eigenvalue weighted by Gasteiger charge is 2.28. The fourth-order valence-corrected chi connectivity index (χ4v) is 2.79. The number of aromatic amines is 1. The van der Waals surface area contributed by atoms with Gasteiger partial charge in [-0.15, -0.1) is 0 Å². The summed E-state index contributed by atoms with van der Waals surface area (Å²) in [5.74, 6) is -1.51. The Morgan fingerprint density at radius 3 is 2.79 bits per heavy atom. The minimum Gasteiger partial charge on any atom is -0.480 e.